The molecule has 2 heterocycles. The monoisotopic (exact) mass is 270 g/mol. The average molecular weight is 270 g/mol. The first-order valence-electron chi connectivity index (χ1n) is 6.98. The molecular weight excluding hydrogens is 252 g/mol. The molecule has 1 aromatic carbocycles. The Labute approximate surface area is 118 Å². The van der Waals surface area contributed by atoms with Gasteiger partial charge in [0.1, 0.15) is 5.76 Å². The Morgan fingerprint density at radius 1 is 1.15 bits per heavy atom. The molecule has 104 valence electrons. The average Bonchev–Trinajstić information content (AvgIpc) is 3.01. The quantitative estimate of drug-likeness (QED) is 0.853. The molecule has 2 aromatic rings. The lowest BCUT2D eigenvalue weighted by atomic mass is 10.0. The highest BCUT2D eigenvalue weighted by atomic mass is 16.3. The summed E-state index contributed by atoms with van der Waals surface area (Å²) in [5.74, 6) is 0.793. The molecule has 0 bridgehead atoms. The highest BCUT2D eigenvalue weighted by Gasteiger charge is 2.20. The van der Waals surface area contributed by atoms with Crippen molar-refractivity contribution in [2.45, 2.75) is 19.3 Å². The normalized spacial score (nSPS) is 15.3. The van der Waals surface area contributed by atoms with Crippen molar-refractivity contribution >= 4 is 11.6 Å². The van der Waals surface area contributed by atoms with Crippen LogP contribution in [0.3, 0.4) is 0 Å². The van der Waals surface area contributed by atoms with Gasteiger partial charge in [0.15, 0.2) is 0 Å². The number of likely N-dealkylation sites (tertiary alicyclic amines) is 1. The molecule has 20 heavy (non-hydrogen) atoms. The third kappa shape index (κ3) is 2.41. The Morgan fingerprint density at radius 3 is 2.60 bits per heavy atom. The van der Waals surface area contributed by atoms with Crippen molar-refractivity contribution < 1.29 is 9.21 Å². The summed E-state index contributed by atoms with van der Waals surface area (Å²) in [5.41, 5.74) is 8.03. The number of nitrogens with zero attached hydrogens (tertiary/aromatic N) is 1. The van der Waals surface area contributed by atoms with Gasteiger partial charge in [-0.25, -0.2) is 0 Å². The Hall–Kier alpha value is -2.23. The van der Waals surface area contributed by atoms with E-state index in [4.69, 9.17) is 10.2 Å². The highest BCUT2D eigenvalue weighted by Crippen LogP contribution is 2.25. The summed E-state index contributed by atoms with van der Waals surface area (Å²) in [6.45, 7) is 1.66. The van der Waals surface area contributed by atoms with Gasteiger partial charge in [-0.05, 0) is 43.5 Å². The number of carbonyl (C=O) groups is 1. The molecule has 1 aliphatic heterocycles. The largest absolute Gasteiger partial charge is 0.464 e. The fourth-order valence-electron chi connectivity index (χ4n) is 2.62. The molecule has 1 fully saturated rings. The molecule has 0 aliphatic carbocycles. The van der Waals surface area contributed by atoms with E-state index in [0.29, 0.717) is 11.3 Å². The smallest absolute Gasteiger partial charge is 0.255 e. The van der Waals surface area contributed by atoms with Crippen LogP contribution in [0, 0.1) is 0 Å². The fraction of sp³-hybridized carbons (Fsp3) is 0.312. The van der Waals surface area contributed by atoms with E-state index in [-0.39, 0.29) is 5.91 Å². The molecule has 2 N–H and O–H groups in total. The molecule has 3 rings (SSSR count). The maximum Gasteiger partial charge on any atom is 0.255 e. The van der Waals surface area contributed by atoms with Gasteiger partial charge in [0, 0.05) is 24.3 Å². The molecule has 0 radical (unpaired) electrons. The third-order valence-electron chi connectivity index (χ3n) is 3.73. The van der Waals surface area contributed by atoms with Crippen LogP contribution in [0.4, 0.5) is 5.69 Å². The van der Waals surface area contributed by atoms with Crippen LogP contribution in [-0.2, 0) is 0 Å². The maximum absolute atomic E-state index is 12.4. The number of rotatable bonds is 2. The van der Waals surface area contributed by atoms with Crippen LogP contribution >= 0.6 is 0 Å². The first-order valence-corrected chi connectivity index (χ1v) is 6.98. The SMILES string of the molecule is Nc1cc(-c2ccco2)ccc1C(=O)N1CCCCC1. The minimum absolute atomic E-state index is 0.0354. The number of furan rings is 1. The molecule has 0 spiro atoms. The molecule has 0 saturated carbocycles. The Morgan fingerprint density at radius 2 is 1.95 bits per heavy atom. The van der Waals surface area contributed by atoms with Gasteiger partial charge in [-0.2, -0.15) is 0 Å². The predicted octanol–water partition coefficient (Wildman–Crippen LogP) is 3.15. The van der Waals surface area contributed by atoms with Crippen molar-refractivity contribution in [1.82, 2.24) is 4.90 Å². The first-order chi connectivity index (χ1) is 9.75. The first kappa shape index (κ1) is 12.8. The van der Waals surface area contributed by atoms with E-state index in [9.17, 15) is 4.79 Å². The molecule has 4 nitrogen and oxygen atoms in total. The Balaban J connectivity index is 1.85. The van der Waals surface area contributed by atoms with Gasteiger partial charge < -0.3 is 15.1 Å². The number of nitrogen functional groups attached to an aromatic ring is 1. The van der Waals surface area contributed by atoms with Crippen molar-refractivity contribution in [3.63, 3.8) is 0 Å². The van der Waals surface area contributed by atoms with Crippen molar-refractivity contribution in [3.05, 3.63) is 42.2 Å². The molecular formula is C16H18N2O2. The zero-order chi connectivity index (χ0) is 13.9. The number of benzene rings is 1. The van der Waals surface area contributed by atoms with Crippen LogP contribution < -0.4 is 5.73 Å². The molecule has 1 aliphatic rings. The lowest BCUT2D eigenvalue weighted by molar-refractivity contribution is 0.0725. The van der Waals surface area contributed by atoms with E-state index < -0.39 is 0 Å². The number of hydrogen-bond acceptors (Lipinski definition) is 3. The van der Waals surface area contributed by atoms with E-state index >= 15 is 0 Å². The lowest BCUT2D eigenvalue weighted by Gasteiger charge is -2.27. The minimum Gasteiger partial charge on any atom is -0.464 e. The van der Waals surface area contributed by atoms with Gasteiger partial charge in [0.25, 0.3) is 5.91 Å². The molecule has 1 aromatic heterocycles. The van der Waals surface area contributed by atoms with Crippen LogP contribution in [0.1, 0.15) is 29.6 Å². The summed E-state index contributed by atoms with van der Waals surface area (Å²) in [6.07, 6.45) is 4.99. The van der Waals surface area contributed by atoms with Gasteiger partial charge in [-0.3, -0.25) is 4.79 Å². The van der Waals surface area contributed by atoms with Crippen molar-refractivity contribution in [2.24, 2.45) is 0 Å². The summed E-state index contributed by atoms with van der Waals surface area (Å²) < 4.78 is 5.34. The topological polar surface area (TPSA) is 59.5 Å². The lowest BCUT2D eigenvalue weighted by Crippen LogP contribution is -2.35. The van der Waals surface area contributed by atoms with Crippen molar-refractivity contribution in [3.8, 4) is 11.3 Å². The second-order valence-corrected chi connectivity index (χ2v) is 5.13. The molecule has 1 saturated heterocycles. The van der Waals surface area contributed by atoms with E-state index in [1.54, 1.807) is 18.4 Å². The zero-order valence-electron chi connectivity index (χ0n) is 11.3. The molecule has 4 heteroatoms. The van der Waals surface area contributed by atoms with Crippen molar-refractivity contribution in [1.29, 1.82) is 0 Å². The van der Waals surface area contributed by atoms with Crippen LogP contribution in [0.5, 0.6) is 0 Å². The van der Waals surface area contributed by atoms with Crippen molar-refractivity contribution in [2.75, 3.05) is 18.8 Å². The zero-order valence-corrected chi connectivity index (χ0v) is 11.3. The van der Waals surface area contributed by atoms with Crippen LogP contribution in [-0.4, -0.2) is 23.9 Å². The molecule has 1 amide bonds. The number of nitrogens with two attached hydrogens (primary N) is 1. The highest BCUT2D eigenvalue weighted by molar-refractivity contribution is 5.99. The minimum atomic E-state index is 0.0354. The summed E-state index contributed by atoms with van der Waals surface area (Å²) in [5, 5.41) is 0. The Kier molecular flexibility index (Phi) is 3.46. The summed E-state index contributed by atoms with van der Waals surface area (Å²) in [7, 11) is 0. The summed E-state index contributed by atoms with van der Waals surface area (Å²) >= 11 is 0. The Bertz CT molecular complexity index is 599. The third-order valence-corrected chi connectivity index (χ3v) is 3.73. The van der Waals surface area contributed by atoms with Gasteiger partial charge >= 0.3 is 0 Å². The maximum atomic E-state index is 12.4. The number of amides is 1. The number of anilines is 1. The second-order valence-electron chi connectivity index (χ2n) is 5.13. The predicted molar refractivity (Wildman–Crippen MR) is 78.3 cm³/mol. The van der Waals surface area contributed by atoms with Gasteiger partial charge in [-0.1, -0.05) is 6.07 Å². The summed E-state index contributed by atoms with van der Waals surface area (Å²) in [6, 6.07) is 9.19. The van der Waals surface area contributed by atoms with E-state index in [1.165, 1.54) is 6.42 Å². The standard InChI is InChI=1S/C16H18N2O2/c17-14-11-12(15-5-4-10-20-15)6-7-13(14)16(19)18-8-2-1-3-9-18/h4-7,10-11H,1-3,8-9,17H2. The van der Waals surface area contributed by atoms with E-state index in [1.807, 2.05) is 23.1 Å². The van der Waals surface area contributed by atoms with Crippen LogP contribution in [0.15, 0.2) is 41.0 Å². The second kappa shape index (κ2) is 5.41. The van der Waals surface area contributed by atoms with E-state index in [0.717, 1.165) is 37.3 Å². The van der Waals surface area contributed by atoms with E-state index in [2.05, 4.69) is 0 Å². The van der Waals surface area contributed by atoms with Gasteiger partial charge in [0.2, 0.25) is 0 Å². The number of hydrogen-bond donors (Lipinski definition) is 1. The van der Waals surface area contributed by atoms with Gasteiger partial charge in [0.05, 0.1) is 11.8 Å². The van der Waals surface area contributed by atoms with Gasteiger partial charge in [-0.15, -0.1) is 0 Å². The number of carbonyl (C=O) groups excluding carboxylic acids is 1. The fourth-order valence-corrected chi connectivity index (χ4v) is 2.62. The molecule has 0 atom stereocenters. The number of piperidine rings is 1. The van der Waals surface area contributed by atoms with Crippen LogP contribution in [0.2, 0.25) is 0 Å². The molecule has 0 unspecified atom stereocenters. The summed E-state index contributed by atoms with van der Waals surface area (Å²) in [4.78, 5) is 14.3. The van der Waals surface area contributed by atoms with Crippen LogP contribution in [0.25, 0.3) is 11.3 Å².